The van der Waals surface area contributed by atoms with Crippen molar-refractivity contribution in [2.75, 3.05) is 11.9 Å². The van der Waals surface area contributed by atoms with Gasteiger partial charge in [0.05, 0.1) is 30.5 Å². The van der Waals surface area contributed by atoms with E-state index in [0.29, 0.717) is 42.6 Å². The Morgan fingerprint density at radius 3 is 2.80 bits per heavy atom. The van der Waals surface area contributed by atoms with Crippen LogP contribution in [0.5, 0.6) is 5.75 Å². The highest BCUT2D eigenvalue weighted by Crippen LogP contribution is 2.26. The molecule has 0 aliphatic heterocycles. The largest absolute Gasteiger partial charge is 0.492 e. The normalized spacial score (nSPS) is 10.2. The average Bonchev–Trinajstić information content (AvgIpc) is 3.09. The van der Waals surface area contributed by atoms with Gasteiger partial charge < -0.3 is 14.6 Å². The van der Waals surface area contributed by atoms with Crippen LogP contribution in [0.4, 0.5) is 5.69 Å². The molecular weight excluding hydrogens is 316 g/mol. The maximum Gasteiger partial charge on any atom is 0.245 e. The minimum absolute atomic E-state index is 0.358. The molecule has 0 saturated heterocycles. The number of ether oxygens (including phenoxy) is 1. The van der Waals surface area contributed by atoms with Crippen molar-refractivity contribution in [3.8, 4) is 11.8 Å². The lowest BCUT2D eigenvalue weighted by molar-refractivity contribution is 0.341. The summed E-state index contributed by atoms with van der Waals surface area (Å²) in [6.45, 7) is 2.81. The fourth-order valence-electron chi connectivity index (χ4n) is 2.40. The topological polar surface area (TPSA) is 84.0 Å². The van der Waals surface area contributed by atoms with E-state index in [2.05, 4.69) is 21.5 Å². The van der Waals surface area contributed by atoms with Crippen LogP contribution in [0.3, 0.4) is 0 Å². The summed E-state index contributed by atoms with van der Waals surface area (Å²) in [6.07, 6.45) is 0.623. The van der Waals surface area contributed by atoms with Crippen LogP contribution in [-0.2, 0) is 13.0 Å². The Hall–Kier alpha value is -3.33. The first kappa shape index (κ1) is 16.5. The van der Waals surface area contributed by atoms with Crippen molar-refractivity contribution in [1.29, 1.82) is 5.26 Å². The van der Waals surface area contributed by atoms with Gasteiger partial charge in [-0.15, -0.1) is 0 Å². The number of rotatable bonds is 7. The van der Waals surface area contributed by atoms with E-state index in [0.717, 1.165) is 11.3 Å². The van der Waals surface area contributed by atoms with Crippen LogP contribution in [0.1, 0.15) is 29.8 Å². The lowest BCUT2D eigenvalue weighted by Crippen LogP contribution is -2.03. The molecule has 0 atom stereocenters. The van der Waals surface area contributed by atoms with Gasteiger partial charge in [-0.1, -0.05) is 35.5 Å². The van der Waals surface area contributed by atoms with Crippen LogP contribution >= 0.6 is 0 Å². The summed E-state index contributed by atoms with van der Waals surface area (Å²) in [6, 6.07) is 17.3. The highest BCUT2D eigenvalue weighted by molar-refractivity contribution is 5.60. The Balaban J connectivity index is 1.67. The Kier molecular flexibility index (Phi) is 5.27. The van der Waals surface area contributed by atoms with Crippen LogP contribution in [0.25, 0.3) is 0 Å². The molecule has 1 aromatic heterocycles. The first-order chi connectivity index (χ1) is 12.3. The molecule has 0 aliphatic carbocycles. The van der Waals surface area contributed by atoms with Crippen molar-refractivity contribution < 1.29 is 9.26 Å². The predicted octanol–water partition coefficient (Wildman–Crippen LogP) is 3.54. The SMILES string of the molecule is CCOc1ccc(C#N)cc1NCc1nc(Cc2ccccc2)no1. The molecule has 0 radical (unpaired) electrons. The number of aromatic nitrogens is 2. The Labute approximate surface area is 146 Å². The molecule has 6 nitrogen and oxygen atoms in total. The Morgan fingerprint density at radius 1 is 1.20 bits per heavy atom. The molecule has 0 unspecified atom stereocenters. The van der Waals surface area contributed by atoms with Crippen LogP contribution in [-0.4, -0.2) is 16.7 Å². The summed E-state index contributed by atoms with van der Waals surface area (Å²) < 4.78 is 10.9. The van der Waals surface area contributed by atoms with Gasteiger partial charge in [0.25, 0.3) is 0 Å². The van der Waals surface area contributed by atoms with E-state index in [1.807, 2.05) is 37.3 Å². The molecule has 3 rings (SSSR count). The molecule has 6 heteroatoms. The van der Waals surface area contributed by atoms with Crippen molar-refractivity contribution in [2.45, 2.75) is 19.9 Å². The molecule has 126 valence electrons. The summed E-state index contributed by atoms with van der Waals surface area (Å²) in [5.74, 6) is 1.81. The van der Waals surface area contributed by atoms with Gasteiger partial charge in [-0.3, -0.25) is 0 Å². The number of hydrogen-bond donors (Lipinski definition) is 1. The Bertz CT molecular complexity index is 869. The quantitative estimate of drug-likeness (QED) is 0.711. The van der Waals surface area contributed by atoms with Gasteiger partial charge in [0.15, 0.2) is 5.82 Å². The minimum atomic E-state index is 0.358. The molecule has 0 saturated carbocycles. The number of nitrogens with zero attached hydrogens (tertiary/aromatic N) is 3. The molecular formula is C19H18N4O2. The van der Waals surface area contributed by atoms with Crippen molar-refractivity contribution in [1.82, 2.24) is 10.1 Å². The molecule has 0 bridgehead atoms. The molecule has 0 spiro atoms. The zero-order valence-corrected chi connectivity index (χ0v) is 13.9. The van der Waals surface area contributed by atoms with Crippen LogP contribution < -0.4 is 10.1 Å². The molecule has 1 N–H and O–H groups in total. The monoisotopic (exact) mass is 334 g/mol. The maximum atomic E-state index is 9.05. The summed E-state index contributed by atoms with van der Waals surface area (Å²) in [5, 5.41) is 16.3. The highest BCUT2D eigenvalue weighted by Gasteiger charge is 2.09. The first-order valence-electron chi connectivity index (χ1n) is 8.04. The standard InChI is InChI=1S/C19H18N4O2/c1-2-24-17-9-8-15(12-20)10-16(17)21-13-19-22-18(23-25-19)11-14-6-4-3-5-7-14/h3-10,21H,2,11,13H2,1H3. The van der Waals surface area contributed by atoms with E-state index >= 15 is 0 Å². The fraction of sp³-hybridized carbons (Fsp3) is 0.211. The zero-order chi connectivity index (χ0) is 17.5. The zero-order valence-electron chi connectivity index (χ0n) is 13.9. The molecule has 1 heterocycles. The predicted molar refractivity (Wildman–Crippen MR) is 93.2 cm³/mol. The lowest BCUT2D eigenvalue weighted by Gasteiger charge is -2.11. The smallest absolute Gasteiger partial charge is 0.245 e. The second-order valence-corrected chi connectivity index (χ2v) is 5.38. The van der Waals surface area contributed by atoms with Gasteiger partial charge in [0, 0.05) is 6.42 Å². The number of nitriles is 1. The molecule has 3 aromatic rings. The van der Waals surface area contributed by atoms with Gasteiger partial charge in [-0.25, -0.2) is 0 Å². The maximum absolute atomic E-state index is 9.05. The van der Waals surface area contributed by atoms with E-state index in [9.17, 15) is 0 Å². The van der Waals surface area contributed by atoms with Gasteiger partial charge in [0.2, 0.25) is 5.89 Å². The van der Waals surface area contributed by atoms with E-state index in [1.54, 1.807) is 18.2 Å². The molecule has 25 heavy (non-hydrogen) atoms. The molecule has 0 amide bonds. The van der Waals surface area contributed by atoms with Gasteiger partial charge in [-0.2, -0.15) is 10.2 Å². The van der Waals surface area contributed by atoms with Crippen molar-refractivity contribution in [3.05, 3.63) is 71.4 Å². The van der Waals surface area contributed by atoms with Gasteiger partial charge in [0.1, 0.15) is 5.75 Å². The Morgan fingerprint density at radius 2 is 2.04 bits per heavy atom. The number of hydrogen-bond acceptors (Lipinski definition) is 6. The molecule has 0 aliphatic rings. The van der Waals surface area contributed by atoms with Gasteiger partial charge in [-0.05, 0) is 30.7 Å². The van der Waals surface area contributed by atoms with E-state index in [4.69, 9.17) is 14.5 Å². The number of nitrogens with one attached hydrogen (secondary N) is 1. The number of benzene rings is 2. The summed E-state index contributed by atoms with van der Waals surface area (Å²) in [4.78, 5) is 4.39. The lowest BCUT2D eigenvalue weighted by atomic mass is 10.1. The van der Waals surface area contributed by atoms with Gasteiger partial charge >= 0.3 is 0 Å². The number of anilines is 1. The van der Waals surface area contributed by atoms with Crippen molar-refractivity contribution >= 4 is 5.69 Å². The van der Waals surface area contributed by atoms with Crippen LogP contribution in [0.15, 0.2) is 53.1 Å². The first-order valence-corrected chi connectivity index (χ1v) is 8.04. The second-order valence-electron chi connectivity index (χ2n) is 5.38. The third kappa shape index (κ3) is 4.36. The van der Waals surface area contributed by atoms with Crippen LogP contribution in [0.2, 0.25) is 0 Å². The molecule has 2 aromatic carbocycles. The van der Waals surface area contributed by atoms with Crippen molar-refractivity contribution in [3.63, 3.8) is 0 Å². The summed E-state index contributed by atoms with van der Waals surface area (Å²) in [5.41, 5.74) is 2.41. The molecule has 0 fully saturated rings. The highest BCUT2D eigenvalue weighted by atomic mass is 16.5. The van der Waals surface area contributed by atoms with E-state index < -0.39 is 0 Å². The van der Waals surface area contributed by atoms with E-state index in [1.165, 1.54) is 0 Å². The summed E-state index contributed by atoms with van der Waals surface area (Å²) >= 11 is 0. The third-order valence-corrected chi connectivity index (χ3v) is 3.55. The van der Waals surface area contributed by atoms with E-state index in [-0.39, 0.29) is 0 Å². The average molecular weight is 334 g/mol. The van der Waals surface area contributed by atoms with Crippen LogP contribution in [0, 0.1) is 11.3 Å². The second kappa shape index (κ2) is 7.97. The third-order valence-electron chi connectivity index (χ3n) is 3.55. The summed E-state index contributed by atoms with van der Waals surface area (Å²) in [7, 11) is 0. The minimum Gasteiger partial charge on any atom is -0.492 e. The van der Waals surface area contributed by atoms with Crippen molar-refractivity contribution in [2.24, 2.45) is 0 Å². The fourth-order valence-corrected chi connectivity index (χ4v) is 2.40.